The minimum atomic E-state index is -3.98. The van der Waals surface area contributed by atoms with E-state index in [2.05, 4.69) is 9.71 Å². The maximum atomic E-state index is 12.6. The molecule has 0 radical (unpaired) electrons. The van der Waals surface area contributed by atoms with Crippen molar-refractivity contribution >= 4 is 32.5 Å². The van der Waals surface area contributed by atoms with Gasteiger partial charge in [0.15, 0.2) is 0 Å². The molecular formula is C16H12N2O5S. The zero-order chi connectivity index (χ0) is 17.3. The van der Waals surface area contributed by atoms with Gasteiger partial charge < -0.3 is 10.2 Å². The van der Waals surface area contributed by atoms with Gasteiger partial charge in [-0.05, 0) is 24.3 Å². The van der Waals surface area contributed by atoms with Crippen LogP contribution in [0.3, 0.4) is 0 Å². The number of nitrogens with one attached hydrogen (secondary N) is 1. The number of aromatic nitrogens is 1. The summed E-state index contributed by atoms with van der Waals surface area (Å²) in [4.78, 5) is 15.0. The average Bonchev–Trinajstić information content (AvgIpc) is 2.53. The molecule has 0 aliphatic carbocycles. The van der Waals surface area contributed by atoms with E-state index in [0.717, 1.165) is 18.2 Å². The van der Waals surface area contributed by atoms with Gasteiger partial charge in [0.05, 0.1) is 16.1 Å². The standard InChI is InChI=1S/C16H12N2O5S/c19-13-7-11(16(20)21)6-12(8-13)18-24(22,23)15-3-1-2-10-9-17-5-4-14(10)15/h1-9,18-19H,(H,20,21). The van der Waals surface area contributed by atoms with E-state index in [1.165, 1.54) is 12.3 Å². The van der Waals surface area contributed by atoms with Crippen molar-refractivity contribution < 1.29 is 23.4 Å². The summed E-state index contributed by atoms with van der Waals surface area (Å²) in [6.45, 7) is 0. The summed E-state index contributed by atoms with van der Waals surface area (Å²) in [5.74, 6) is -1.63. The van der Waals surface area contributed by atoms with Gasteiger partial charge in [0.1, 0.15) is 5.75 Å². The molecule has 1 aromatic heterocycles. The molecule has 0 amide bonds. The molecule has 3 rings (SSSR count). The third-order valence-electron chi connectivity index (χ3n) is 3.35. The van der Waals surface area contributed by atoms with Crippen molar-refractivity contribution in [3.05, 3.63) is 60.4 Å². The monoisotopic (exact) mass is 344 g/mol. The highest BCUT2D eigenvalue weighted by atomic mass is 32.2. The van der Waals surface area contributed by atoms with Crippen LogP contribution < -0.4 is 4.72 Å². The van der Waals surface area contributed by atoms with Crippen molar-refractivity contribution in [3.8, 4) is 5.75 Å². The fourth-order valence-corrected chi connectivity index (χ4v) is 3.60. The Morgan fingerprint density at radius 1 is 1.12 bits per heavy atom. The highest BCUT2D eigenvalue weighted by Crippen LogP contribution is 2.26. The van der Waals surface area contributed by atoms with Crippen molar-refractivity contribution in [1.29, 1.82) is 0 Å². The summed E-state index contributed by atoms with van der Waals surface area (Å²) in [5.41, 5.74) is -0.270. The maximum Gasteiger partial charge on any atom is 0.335 e. The van der Waals surface area contributed by atoms with Gasteiger partial charge in [-0.1, -0.05) is 12.1 Å². The number of anilines is 1. The molecule has 122 valence electrons. The number of aromatic hydroxyl groups is 1. The van der Waals surface area contributed by atoms with Crippen LogP contribution in [0.25, 0.3) is 10.8 Å². The molecule has 0 aliphatic rings. The molecule has 1 heterocycles. The lowest BCUT2D eigenvalue weighted by Crippen LogP contribution is -2.14. The van der Waals surface area contributed by atoms with Crippen molar-refractivity contribution in [3.63, 3.8) is 0 Å². The quantitative estimate of drug-likeness (QED) is 0.669. The van der Waals surface area contributed by atoms with Crippen LogP contribution in [-0.4, -0.2) is 29.6 Å². The smallest absolute Gasteiger partial charge is 0.335 e. The maximum absolute atomic E-state index is 12.6. The number of carbonyl (C=O) groups is 1. The SMILES string of the molecule is O=C(O)c1cc(O)cc(NS(=O)(=O)c2cccc3cnccc23)c1. The van der Waals surface area contributed by atoms with Gasteiger partial charge in [0, 0.05) is 29.2 Å². The molecule has 0 saturated carbocycles. The van der Waals surface area contributed by atoms with Crippen LogP contribution in [0.1, 0.15) is 10.4 Å². The van der Waals surface area contributed by atoms with E-state index >= 15 is 0 Å². The van der Waals surface area contributed by atoms with Crippen LogP contribution in [0.4, 0.5) is 5.69 Å². The van der Waals surface area contributed by atoms with Crippen LogP contribution in [0.2, 0.25) is 0 Å². The van der Waals surface area contributed by atoms with E-state index in [1.54, 1.807) is 24.4 Å². The van der Waals surface area contributed by atoms with Crippen LogP contribution in [0.5, 0.6) is 5.75 Å². The number of nitrogens with zero attached hydrogens (tertiary/aromatic N) is 1. The molecule has 0 saturated heterocycles. The van der Waals surface area contributed by atoms with Gasteiger partial charge in [-0.25, -0.2) is 13.2 Å². The van der Waals surface area contributed by atoms with Crippen molar-refractivity contribution in [2.75, 3.05) is 4.72 Å². The van der Waals surface area contributed by atoms with Crippen molar-refractivity contribution in [1.82, 2.24) is 4.98 Å². The third-order valence-corrected chi connectivity index (χ3v) is 4.79. The number of carboxylic acids is 1. The number of carboxylic acid groups (broad SMARTS) is 1. The van der Waals surface area contributed by atoms with E-state index in [-0.39, 0.29) is 21.9 Å². The average molecular weight is 344 g/mol. The zero-order valence-corrected chi connectivity index (χ0v) is 13.0. The van der Waals surface area contributed by atoms with Gasteiger partial charge in [-0.2, -0.15) is 0 Å². The molecule has 0 fully saturated rings. The molecule has 7 nitrogen and oxygen atoms in total. The summed E-state index contributed by atoms with van der Waals surface area (Å²) < 4.78 is 27.6. The molecule has 3 N–H and O–H groups in total. The molecule has 0 bridgehead atoms. The third kappa shape index (κ3) is 2.99. The number of benzene rings is 2. The minimum absolute atomic E-state index is 0.0302. The largest absolute Gasteiger partial charge is 0.508 e. The van der Waals surface area contributed by atoms with Crippen molar-refractivity contribution in [2.45, 2.75) is 4.90 Å². The fourth-order valence-electron chi connectivity index (χ4n) is 2.33. The first-order valence-corrected chi connectivity index (χ1v) is 8.28. The molecule has 8 heteroatoms. The minimum Gasteiger partial charge on any atom is -0.508 e. The van der Waals surface area contributed by atoms with Gasteiger partial charge in [0.2, 0.25) is 0 Å². The fraction of sp³-hybridized carbons (Fsp3) is 0. The Morgan fingerprint density at radius 2 is 1.92 bits per heavy atom. The van der Waals surface area contributed by atoms with Gasteiger partial charge in [-0.15, -0.1) is 0 Å². The van der Waals surface area contributed by atoms with Crippen LogP contribution in [0, 0.1) is 0 Å². The lowest BCUT2D eigenvalue weighted by molar-refractivity contribution is 0.0696. The van der Waals surface area contributed by atoms with E-state index in [1.807, 2.05) is 0 Å². The topological polar surface area (TPSA) is 117 Å². The van der Waals surface area contributed by atoms with Gasteiger partial charge >= 0.3 is 5.97 Å². The Labute approximate surface area is 137 Å². The van der Waals surface area contributed by atoms with Crippen LogP contribution in [0.15, 0.2) is 59.8 Å². The molecule has 24 heavy (non-hydrogen) atoms. The van der Waals surface area contributed by atoms with Crippen LogP contribution >= 0.6 is 0 Å². The molecule has 0 unspecified atom stereocenters. The first kappa shape index (κ1) is 15.8. The first-order chi connectivity index (χ1) is 11.4. The number of hydrogen-bond acceptors (Lipinski definition) is 5. The van der Waals surface area contributed by atoms with Gasteiger partial charge in [-0.3, -0.25) is 9.71 Å². The van der Waals surface area contributed by atoms with Gasteiger partial charge in [0.25, 0.3) is 10.0 Å². The Kier molecular flexibility index (Phi) is 3.82. The lowest BCUT2D eigenvalue weighted by atomic mass is 10.2. The van der Waals surface area contributed by atoms with E-state index in [0.29, 0.717) is 10.8 Å². The Balaban J connectivity index is 2.07. The summed E-state index contributed by atoms with van der Waals surface area (Å²) in [5, 5.41) is 19.7. The van der Waals surface area contributed by atoms with E-state index in [4.69, 9.17) is 5.11 Å². The van der Waals surface area contributed by atoms with E-state index < -0.39 is 16.0 Å². The number of fused-ring (bicyclic) bond motifs is 1. The lowest BCUT2D eigenvalue weighted by Gasteiger charge is -2.11. The zero-order valence-electron chi connectivity index (χ0n) is 12.2. The molecule has 0 atom stereocenters. The highest BCUT2D eigenvalue weighted by Gasteiger charge is 2.18. The summed E-state index contributed by atoms with van der Waals surface area (Å²) in [6, 6.07) is 9.63. The number of hydrogen-bond donors (Lipinski definition) is 3. The van der Waals surface area contributed by atoms with Crippen LogP contribution in [-0.2, 0) is 10.0 Å². The second-order valence-electron chi connectivity index (χ2n) is 5.03. The number of aromatic carboxylic acids is 1. The Bertz CT molecular complexity index is 1040. The summed E-state index contributed by atoms with van der Waals surface area (Å²) in [7, 11) is -3.98. The second kappa shape index (κ2) is 5.82. The number of phenols is 1. The predicted octanol–water partition coefficient (Wildman–Crippen LogP) is 2.44. The van der Waals surface area contributed by atoms with E-state index in [9.17, 15) is 18.3 Å². The summed E-state index contributed by atoms with van der Waals surface area (Å²) in [6.07, 6.45) is 3.03. The number of sulfonamides is 1. The molecular weight excluding hydrogens is 332 g/mol. The number of phenolic OH excluding ortho intramolecular Hbond substituents is 1. The second-order valence-corrected chi connectivity index (χ2v) is 6.68. The number of pyridine rings is 1. The molecule has 3 aromatic rings. The molecule has 0 aliphatic heterocycles. The molecule has 0 spiro atoms. The Hall–Kier alpha value is -3.13. The van der Waals surface area contributed by atoms with Crippen molar-refractivity contribution in [2.24, 2.45) is 0 Å². The highest BCUT2D eigenvalue weighted by molar-refractivity contribution is 7.93. The normalized spacial score (nSPS) is 11.3. The Morgan fingerprint density at radius 3 is 2.67 bits per heavy atom. The molecule has 2 aromatic carbocycles. The number of rotatable bonds is 4. The summed E-state index contributed by atoms with van der Waals surface area (Å²) >= 11 is 0. The first-order valence-electron chi connectivity index (χ1n) is 6.80. The predicted molar refractivity (Wildman–Crippen MR) is 87.6 cm³/mol.